The summed E-state index contributed by atoms with van der Waals surface area (Å²) < 4.78 is 48.7. The summed E-state index contributed by atoms with van der Waals surface area (Å²) in [6, 6.07) is 0. The Morgan fingerprint density at radius 2 is 1.12 bits per heavy atom. The molecule has 0 aromatic rings. The molecule has 22 nitrogen and oxygen atoms in total. The quantitative estimate of drug-likeness (QED) is 0.0538. The number of carbonyl (C=O) groups excluding carboxylic acids is 1. The van der Waals surface area contributed by atoms with Crippen molar-refractivity contribution in [3.8, 4) is 0 Å². The summed E-state index contributed by atoms with van der Waals surface area (Å²) in [4.78, 5) is 14.3. The summed E-state index contributed by atoms with van der Waals surface area (Å²) in [5.74, 6) is -0.721. The topological polar surface area (TPSA) is 354 Å². The maximum absolute atomic E-state index is 14.3. The summed E-state index contributed by atoms with van der Waals surface area (Å²) in [5.41, 5.74) is -2.16. The first kappa shape index (κ1) is 51.8. The lowest BCUT2D eigenvalue weighted by molar-refractivity contribution is -0.401. The van der Waals surface area contributed by atoms with Gasteiger partial charge >= 0.3 is 5.97 Å². The summed E-state index contributed by atoms with van der Waals surface area (Å²) in [5, 5.41) is 138. The first-order valence-corrected chi connectivity index (χ1v) is 23.7. The summed E-state index contributed by atoms with van der Waals surface area (Å²) in [6.45, 7) is 7.76. The van der Waals surface area contributed by atoms with Crippen molar-refractivity contribution in [2.75, 3.05) is 19.8 Å². The second-order valence-electron chi connectivity index (χ2n) is 21.1. The molecule has 4 aliphatic carbocycles. The van der Waals surface area contributed by atoms with Crippen LogP contribution in [0.4, 0.5) is 0 Å². The van der Waals surface area contributed by atoms with E-state index >= 15 is 0 Å². The van der Waals surface area contributed by atoms with Crippen molar-refractivity contribution < 1.29 is 109 Å². The highest BCUT2D eigenvalue weighted by Crippen LogP contribution is 2.72. The highest BCUT2D eigenvalue weighted by atomic mass is 16.8. The van der Waals surface area contributed by atoms with E-state index in [1.807, 2.05) is 6.92 Å². The third-order valence-electron chi connectivity index (χ3n) is 17.4. The number of ether oxygens (including phenoxy) is 8. The van der Waals surface area contributed by atoms with E-state index < -0.39 is 165 Å². The number of hydrogen-bond donors (Lipinski definition) is 13. The lowest BCUT2D eigenvalue weighted by Crippen LogP contribution is -2.68. The van der Waals surface area contributed by atoms with Crippen molar-refractivity contribution in [2.24, 2.45) is 28.1 Å². The van der Waals surface area contributed by atoms with Crippen molar-refractivity contribution in [1.29, 1.82) is 0 Å². The van der Waals surface area contributed by atoms with E-state index in [-0.39, 0.29) is 17.3 Å². The van der Waals surface area contributed by atoms with Gasteiger partial charge in [-0.2, -0.15) is 0 Å². The van der Waals surface area contributed by atoms with Gasteiger partial charge in [0, 0.05) is 0 Å². The standard InChI is InChI=1S/C45H72O22/c1-18-6-11-44-12-7-23-42(3,9-5-10-43(23,4)41(59)66-39-34(58)31(55)27(51)21(15-47)62-39)24(44)8-13-45(18,17-44)67-40-36(65-37-32(56)29(53)25(49)19(2)60-37)35(28(52)22(16-48)63-40)64-38-33(57)30(54)26(50)20(14-46)61-38/h19-40,46-58H,1,5-17H2,2-4H3/t19?,20?,21?,22?,23-,24-,25?,26?,27?,28?,29?,30?,31?,32?,33?,34?,35?,36?,37?,38?,39?,40?,42+,43+,44-,45-/m0/s1. The van der Waals surface area contributed by atoms with Gasteiger partial charge < -0.3 is 104 Å². The second kappa shape index (κ2) is 19.4. The normalized spacial score (nSPS) is 54.7. The maximum atomic E-state index is 14.3. The third-order valence-corrected chi connectivity index (χ3v) is 17.4. The molecule has 0 amide bonds. The predicted molar refractivity (Wildman–Crippen MR) is 222 cm³/mol. The van der Waals surface area contributed by atoms with Crippen molar-refractivity contribution >= 4 is 5.97 Å². The Kier molecular flexibility index (Phi) is 15.0. The van der Waals surface area contributed by atoms with Crippen LogP contribution in [0.15, 0.2) is 12.2 Å². The molecule has 384 valence electrons. The van der Waals surface area contributed by atoms with Gasteiger partial charge in [0.2, 0.25) is 6.29 Å². The molecule has 2 bridgehead atoms. The predicted octanol–water partition coefficient (Wildman–Crippen LogP) is -3.70. The molecule has 4 aliphatic heterocycles. The number of rotatable bonds is 11. The monoisotopic (exact) mass is 964 g/mol. The zero-order valence-corrected chi connectivity index (χ0v) is 38.1. The molecule has 22 heteroatoms. The lowest BCUT2D eigenvalue weighted by Gasteiger charge is -2.68. The smallest absolute Gasteiger partial charge is 0.314 e. The van der Waals surface area contributed by atoms with Crippen molar-refractivity contribution in [1.82, 2.24) is 0 Å². The molecule has 8 fully saturated rings. The highest BCUT2D eigenvalue weighted by Gasteiger charge is 2.68. The molecular formula is C45H72O22. The van der Waals surface area contributed by atoms with E-state index in [2.05, 4.69) is 13.5 Å². The molecule has 67 heavy (non-hydrogen) atoms. The minimum atomic E-state index is -1.92. The Morgan fingerprint density at radius 3 is 1.75 bits per heavy atom. The van der Waals surface area contributed by atoms with Crippen LogP contribution in [0.1, 0.15) is 85.0 Å². The molecular weight excluding hydrogens is 892 g/mol. The van der Waals surface area contributed by atoms with E-state index in [4.69, 9.17) is 37.9 Å². The Labute approximate surface area is 387 Å². The second-order valence-corrected chi connectivity index (χ2v) is 21.1. The fourth-order valence-corrected chi connectivity index (χ4v) is 13.6. The number of aliphatic hydroxyl groups excluding tert-OH is 13. The molecule has 26 atom stereocenters. The van der Waals surface area contributed by atoms with Crippen LogP contribution in [-0.2, 0) is 42.7 Å². The van der Waals surface area contributed by atoms with Crippen LogP contribution in [0.3, 0.4) is 0 Å². The van der Waals surface area contributed by atoms with Gasteiger partial charge in [0.1, 0.15) is 91.6 Å². The molecule has 0 aromatic heterocycles. The van der Waals surface area contributed by atoms with E-state index in [9.17, 15) is 71.2 Å². The minimum Gasteiger partial charge on any atom is -0.432 e. The zero-order valence-electron chi connectivity index (χ0n) is 38.1. The van der Waals surface area contributed by atoms with Gasteiger partial charge in [-0.1, -0.05) is 19.9 Å². The van der Waals surface area contributed by atoms with Crippen LogP contribution >= 0.6 is 0 Å². The number of carbonyl (C=O) groups is 1. The van der Waals surface area contributed by atoms with Crippen LogP contribution in [0.5, 0.6) is 0 Å². The van der Waals surface area contributed by atoms with Crippen molar-refractivity contribution in [2.45, 2.75) is 213 Å². The minimum absolute atomic E-state index is 0.0667. The maximum Gasteiger partial charge on any atom is 0.314 e. The van der Waals surface area contributed by atoms with E-state index in [0.717, 1.165) is 18.4 Å². The molecule has 0 radical (unpaired) electrons. The number of aliphatic hydroxyl groups is 13. The van der Waals surface area contributed by atoms with Crippen molar-refractivity contribution in [3.63, 3.8) is 0 Å². The van der Waals surface area contributed by atoms with Crippen LogP contribution in [0.2, 0.25) is 0 Å². The summed E-state index contributed by atoms with van der Waals surface area (Å²) in [7, 11) is 0. The van der Waals surface area contributed by atoms with Gasteiger partial charge in [-0.3, -0.25) is 4.79 Å². The number of hydrogen-bond acceptors (Lipinski definition) is 22. The molecule has 8 aliphatic rings. The van der Waals surface area contributed by atoms with Gasteiger partial charge in [-0.15, -0.1) is 0 Å². The molecule has 1 spiro atoms. The number of esters is 1. The molecule has 4 saturated heterocycles. The Balaban J connectivity index is 1.07. The Hall–Kier alpha value is -1.59. The van der Waals surface area contributed by atoms with E-state index in [0.29, 0.717) is 51.4 Å². The third kappa shape index (κ3) is 8.74. The van der Waals surface area contributed by atoms with Crippen LogP contribution in [-0.4, -0.2) is 221 Å². The van der Waals surface area contributed by atoms with E-state index in [1.54, 1.807) is 0 Å². The van der Waals surface area contributed by atoms with E-state index in [1.165, 1.54) is 6.92 Å². The fourth-order valence-electron chi connectivity index (χ4n) is 13.6. The molecule has 4 saturated carbocycles. The largest absolute Gasteiger partial charge is 0.432 e. The Bertz CT molecular complexity index is 1760. The van der Waals surface area contributed by atoms with Gasteiger partial charge in [-0.05, 0) is 99.9 Å². The summed E-state index contributed by atoms with van der Waals surface area (Å²) in [6.07, 6.45) is -26.6. The van der Waals surface area contributed by atoms with Crippen molar-refractivity contribution in [3.05, 3.63) is 12.2 Å². The average molecular weight is 965 g/mol. The average Bonchev–Trinajstić information content (AvgIpc) is 3.30. The SMILES string of the molecule is C=C1CC[C@@]23CC[C@H]4[C@@](C)(CCC[C@@]4(C)C(=O)OC4OC(CO)C(O)C(O)C4O)[C@@H]2CC[C@]1(OC1OC(CO)C(O)C(OC2OC(CO)C(O)C(O)C2O)C1OC1OC(C)C(O)C(O)C1O)C3. The van der Waals surface area contributed by atoms with Crippen LogP contribution in [0.25, 0.3) is 0 Å². The molecule has 13 N–H and O–H groups in total. The van der Waals surface area contributed by atoms with Gasteiger partial charge in [0.25, 0.3) is 0 Å². The first-order valence-electron chi connectivity index (χ1n) is 23.7. The van der Waals surface area contributed by atoms with Gasteiger partial charge in [-0.25, -0.2) is 0 Å². The molecule has 0 aromatic carbocycles. The number of fused-ring (bicyclic) bond motifs is 3. The molecule has 8 rings (SSSR count). The summed E-state index contributed by atoms with van der Waals surface area (Å²) >= 11 is 0. The van der Waals surface area contributed by atoms with Crippen LogP contribution in [0, 0.1) is 28.1 Å². The van der Waals surface area contributed by atoms with Gasteiger partial charge in [0.15, 0.2) is 18.9 Å². The molecule has 20 unspecified atom stereocenters. The highest BCUT2D eigenvalue weighted by molar-refractivity contribution is 5.77. The van der Waals surface area contributed by atoms with Gasteiger partial charge in [0.05, 0.1) is 36.9 Å². The lowest BCUT2D eigenvalue weighted by atomic mass is 9.37. The first-order chi connectivity index (χ1) is 31.6. The zero-order chi connectivity index (χ0) is 48.7. The molecule has 4 heterocycles. The fraction of sp³-hybridized carbons (Fsp3) is 0.933. The van der Waals surface area contributed by atoms with Crippen LogP contribution < -0.4 is 0 Å². The Morgan fingerprint density at radius 1 is 0.597 bits per heavy atom.